The lowest BCUT2D eigenvalue weighted by Gasteiger charge is -2.35. The zero-order chi connectivity index (χ0) is 23.3. The second kappa shape index (κ2) is 7.90. The van der Waals surface area contributed by atoms with Gasteiger partial charge in [-0.05, 0) is 18.9 Å². The molecule has 1 N–H and O–H groups in total. The van der Waals surface area contributed by atoms with Crippen LogP contribution in [0.25, 0.3) is 16.9 Å². The summed E-state index contributed by atoms with van der Waals surface area (Å²) in [5.74, 6) is -0.567. The van der Waals surface area contributed by atoms with Gasteiger partial charge < -0.3 is 14.5 Å². The van der Waals surface area contributed by atoms with E-state index >= 15 is 0 Å². The first-order chi connectivity index (χ1) is 15.7. The summed E-state index contributed by atoms with van der Waals surface area (Å²) in [7, 11) is 0. The van der Waals surface area contributed by atoms with Gasteiger partial charge in [0.15, 0.2) is 11.3 Å². The van der Waals surface area contributed by atoms with Gasteiger partial charge in [0.2, 0.25) is 0 Å². The van der Waals surface area contributed by atoms with E-state index in [2.05, 4.69) is 20.4 Å². The maximum atomic E-state index is 13.8. The molecule has 3 aromatic heterocycles. The van der Waals surface area contributed by atoms with Crippen LogP contribution in [0, 0.1) is 0 Å². The SMILES string of the molecule is O=C(c1nc2c(C(F)(F)F)cc(-c3cn[nH]n3)cn2c1Cl)N1CCC(N2CCOC2=O)CC1. The highest BCUT2D eigenvalue weighted by molar-refractivity contribution is 6.33. The quantitative estimate of drug-likeness (QED) is 0.613. The van der Waals surface area contributed by atoms with Crippen LogP contribution in [0.2, 0.25) is 5.15 Å². The Balaban J connectivity index is 1.46. The minimum atomic E-state index is -4.74. The van der Waals surface area contributed by atoms with E-state index in [1.165, 1.54) is 17.3 Å². The van der Waals surface area contributed by atoms with Gasteiger partial charge in [-0.3, -0.25) is 9.20 Å². The zero-order valence-corrected chi connectivity index (χ0v) is 17.7. The van der Waals surface area contributed by atoms with Crippen molar-refractivity contribution in [3.63, 3.8) is 0 Å². The smallest absolute Gasteiger partial charge is 0.420 e. The zero-order valence-electron chi connectivity index (χ0n) is 17.0. The average molecular weight is 484 g/mol. The summed E-state index contributed by atoms with van der Waals surface area (Å²) in [5.41, 5.74) is -1.49. The molecular weight excluding hydrogens is 467 g/mol. The fourth-order valence-electron chi connectivity index (χ4n) is 4.21. The Morgan fingerprint density at radius 3 is 2.61 bits per heavy atom. The Bertz CT molecular complexity index is 1220. The molecule has 10 nitrogen and oxygen atoms in total. The molecule has 5 rings (SSSR count). The molecule has 0 spiro atoms. The molecular formula is C19H17ClF3N7O3. The van der Waals surface area contributed by atoms with Gasteiger partial charge in [0.25, 0.3) is 5.91 Å². The monoisotopic (exact) mass is 483 g/mol. The lowest BCUT2D eigenvalue weighted by atomic mass is 10.0. The maximum absolute atomic E-state index is 13.8. The molecule has 14 heteroatoms. The van der Waals surface area contributed by atoms with Crippen molar-refractivity contribution in [2.75, 3.05) is 26.2 Å². The maximum Gasteiger partial charge on any atom is 0.420 e. The van der Waals surface area contributed by atoms with Crippen LogP contribution in [-0.2, 0) is 10.9 Å². The third-order valence-corrected chi connectivity index (χ3v) is 6.23. The number of aromatic nitrogens is 5. The fourth-order valence-corrected chi connectivity index (χ4v) is 4.46. The number of carbonyl (C=O) groups is 2. The van der Waals surface area contributed by atoms with Crippen LogP contribution in [-0.4, -0.2) is 78.9 Å². The van der Waals surface area contributed by atoms with Crippen LogP contribution in [0.15, 0.2) is 18.5 Å². The molecule has 174 valence electrons. The van der Waals surface area contributed by atoms with E-state index in [0.29, 0.717) is 39.1 Å². The van der Waals surface area contributed by atoms with Crippen molar-refractivity contribution < 1.29 is 27.5 Å². The largest absolute Gasteiger partial charge is 0.448 e. The number of pyridine rings is 1. The molecule has 5 heterocycles. The number of likely N-dealkylation sites (tertiary alicyclic amines) is 1. The van der Waals surface area contributed by atoms with Crippen LogP contribution >= 0.6 is 11.6 Å². The number of alkyl halides is 3. The Hall–Kier alpha value is -3.35. The molecule has 0 radical (unpaired) electrons. The number of cyclic esters (lactones) is 1. The van der Waals surface area contributed by atoms with Crippen LogP contribution in [0.4, 0.5) is 18.0 Å². The Kier molecular flexibility index (Phi) is 5.15. The average Bonchev–Trinajstić information content (AvgIpc) is 3.53. The molecule has 0 aliphatic carbocycles. The van der Waals surface area contributed by atoms with Crippen LogP contribution in [0.5, 0.6) is 0 Å². The van der Waals surface area contributed by atoms with E-state index < -0.39 is 23.3 Å². The number of imidazole rings is 1. The Morgan fingerprint density at radius 2 is 2.00 bits per heavy atom. The van der Waals surface area contributed by atoms with Crippen molar-refractivity contribution in [1.82, 2.24) is 34.6 Å². The number of halogens is 4. The Labute approximate surface area is 189 Å². The topological polar surface area (TPSA) is 109 Å². The van der Waals surface area contributed by atoms with E-state index in [1.807, 2.05) is 0 Å². The summed E-state index contributed by atoms with van der Waals surface area (Å²) in [6, 6.07) is 0.841. The summed E-state index contributed by atoms with van der Waals surface area (Å²) in [6.45, 7) is 1.47. The number of hydrogen-bond acceptors (Lipinski definition) is 6. The van der Waals surface area contributed by atoms with Crippen molar-refractivity contribution in [2.45, 2.75) is 25.1 Å². The number of piperidine rings is 1. The molecule has 2 aliphatic rings. The van der Waals surface area contributed by atoms with Crippen molar-refractivity contribution >= 4 is 29.2 Å². The van der Waals surface area contributed by atoms with Crippen LogP contribution in [0.1, 0.15) is 28.9 Å². The van der Waals surface area contributed by atoms with E-state index in [9.17, 15) is 22.8 Å². The molecule has 2 saturated heterocycles. The highest BCUT2D eigenvalue weighted by Crippen LogP contribution is 2.37. The third kappa shape index (κ3) is 3.75. The van der Waals surface area contributed by atoms with E-state index in [4.69, 9.17) is 16.3 Å². The lowest BCUT2D eigenvalue weighted by Crippen LogP contribution is -2.47. The number of rotatable bonds is 3. The predicted molar refractivity (Wildman–Crippen MR) is 108 cm³/mol. The first-order valence-corrected chi connectivity index (χ1v) is 10.5. The minimum absolute atomic E-state index is 0.0533. The molecule has 0 atom stereocenters. The number of nitrogens with zero attached hydrogens (tertiary/aromatic N) is 6. The number of ether oxygens (including phenoxy) is 1. The van der Waals surface area contributed by atoms with Crippen LogP contribution < -0.4 is 0 Å². The number of amides is 2. The number of fused-ring (bicyclic) bond motifs is 1. The molecule has 0 saturated carbocycles. The van der Waals surface area contributed by atoms with Gasteiger partial charge in [0.05, 0.1) is 18.3 Å². The summed E-state index contributed by atoms with van der Waals surface area (Å²) < 4.78 is 47.3. The summed E-state index contributed by atoms with van der Waals surface area (Å²) in [5, 5.41) is 9.56. The fraction of sp³-hybridized carbons (Fsp3) is 0.421. The number of H-pyrrole nitrogens is 1. The van der Waals surface area contributed by atoms with E-state index in [1.54, 1.807) is 4.90 Å². The molecule has 0 unspecified atom stereocenters. The summed E-state index contributed by atoms with van der Waals surface area (Å²) in [4.78, 5) is 32.0. The molecule has 0 bridgehead atoms. The van der Waals surface area contributed by atoms with E-state index in [-0.39, 0.29) is 34.2 Å². The van der Waals surface area contributed by atoms with Crippen molar-refractivity contribution in [3.05, 3.63) is 34.9 Å². The van der Waals surface area contributed by atoms with Gasteiger partial charge >= 0.3 is 12.3 Å². The second-order valence-corrected chi connectivity index (χ2v) is 8.13. The molecule has 2 aliphatic heterocycles. The first-order valence-electron chi connectivity index (χ1n) is 10.1. The lowest BCUT2D eigenvalue weighted by molar-refractivity contribution is -0.136. The highest BCUT2D eigenvalue weighted by atomic mass is 35.5. The number of aromatic amines is 1. The van der Waals surface area contributed by atoms with Crippen molar-refractivity contribution in [3.8, 4) is 11.3 Å². The van der Waals surface area contributed by atoms with Gasteiger partial charge in [0, 0.05) is 30.9 Å². The van der Waals surface area contributed by atoms with Gasteiger partial charge in [-0.25, -0.2) is 9.78 Å². The molecule has 33 heavy (non-hydrogen) atoms. The van der Waals surface area contributed by atoms with E-state index in [0.717, 1.165) is 10.5 Å². The number of carbonyl (C=O) groups excluding carboxylic acids is 2. The van der Waals surface area contributed by atoms with Crippen molar-refractivity contribution in [1.29, 1.82) is 0 Å². The predicted octanol–water partition coefficient (Wildman–Crippen LogP) is 2.85. The van der Waals surface area contributed by atoms with Crippen LogP contribution in [0.3, 0.4) is 0 Å². The number of hydrogen-bond donors (Lipinski definition) is 1. The normalized spacial score (nSPS) is 17.8. The van der Waals surface area contributed by atoms with Crippen molar-refractivity contribution in [2.24, 2.45) is 0 Å². The molecule has 3 aromatic rings. The third-order valence-electron chi connectivity index (χ3n) is 5.87. The van der Waals surface area contributed by atoms with Gasteiger partial charge in [-0.2, -0.15) is 28.6 Å². The summed E-state index contributed by atoms with van der Waals surface area (Å²) >= 11 is 6.35. The van der Waals surface area contributed by atoms with Gasteiger partial charge in [0.1, 0.15) is 17.5 Å². The molecule has 0 aromatic carbocycles. The number of nitrogens with one attached hydrogen (secondary N) is 1. The first kappa shape index (κ1) is 21.5. The Morgan fingerprint density at radius 1 is 1.24 bits per heavy atom. The highest BCUT2D eigenvalue weighted by Gasteiger charge is 2.38. The van der Waals surface area contributed by atoms with Gasteiger partial charge in [-0.15, -0.1) is 0 Å². The molecule has 2 fully saturated rings. The standard InChI is InChI=1S/C19H17ClF3N7O3/c20-15-14(17(31)28-3-1-11(2-4-28)29-5-6-33-18(29)32)25-16-12(19(21,22)23)7-10(9-30(15)16)13-8-24-27-26-13/h7-9,11H,1-6H2,(H,24,26,27). The minimum Gasteiger partial charge on any atom is -0.448 e. The summed E-state index contributed by atoms with van der Waals surface area (Å²) in [6.07, 6.45) is -1.45. The second-order valence-electron chi connectivity index (χ2n) is 7.77. The van der Waals surface area contributed by atoms with Gasteiger partial charge in [-0.1, -0.05) is 11.6 Å². The molecule has 2 amide bonds.